The molecule has 0 spiro atoms. The van der Waals surface area contributed by atoms with Crippen molar-refractivity contribution in [2.45, 2.75) is 118 Å². The summed E-state index contributed by atoms with van der Waals surface area (Å²) in [5.41, 5.74) is 2.54. The quantitative estimate of drug-likeness (QED) is 0.147. The molecule has 0 heterocycles. The zero-order chi connectivity index (χ0) is 21.9. The Balaban J connectivity index is 3.74. The van der Waals surface area contributed by atoms with Crippen molar-refractivity contribution in [3.63, 3.8) is 0 Å². The van der Waals surface area contributed by atoms with Crippen molar-refractivity contribution < 1.29 is 19.1 Å². The van der Waals surface area contributed by atoms with Gasteiger partial charge in [0.1, 0.15) is 6.61 Å². The molecule has 0 saturated heterocycles. The number of hydrogen-bond donors (Lipinski definition) is 0. The Morgan fingerprint density at radius 1 is 0.828 bits per heavy atom. The van der Waals surface area contributed by atoms with Crippen LogP contribution in [0.5, 0.6) is 0 Å². The van der Waals surface area contributed by atoms with Crippen LogP contribution >= 0.6 is 0 Å². The number of hydrogen-bond acceptors (Lipinski definition) is 4. The van der Waals surface area contributed by atoms with E-state index in [0.29, 0.717) is 13.0 Å². The van der Waals surface area contributed by atoms with Crippen LogP contribution < -0.4 is 0 Å². The summed E-state index contributed by atoms with van der Waals surface area (Å²) in [5.74, 6) is -0.474. The molecular formula is C25H44O4. The maximum Gasteiger partial charge on any atom is 0.306 e. The second kappa shape index (κ2) is 18.4. The molecule has 0 saturated carbocycles. The summed E-state index contributed by atoms with van der Waals surface area (Å²) in [7, 11) is 0. The van der Waals surface area contributed by atoms with Crippen LogP contribution in [0.25, 0.3) is 0 Å². The minimum absolute atomic E-state index is 0.0416. The zero-order valence-electron chi connectivity index (χ0n) is 19.6. The molecule has 29 heavy (non-hydrogen) atoms. The molecule has 0 amide bonds. The third-order valence-electron chi connectivity index (χ3n) is 4.83. The van der Waals surface area contributed by atoms with Gasteiger partial charge in [-0.3, -0.25) is 9.59 Å². The summed E-state index contributed by atoms with van der Waals surface area (Å²) in [6, 6.07) is 0. The van der Waals surface area contributed by atoms with Crippen LogP contribution in [0.2, 0.25) is 0 Å². The van der Waals surface area contributed by atoms with Crippen LogP contribution in [0, 0.1) is 0 Å². The van der Waals surface area contributed by atoms with Crippen LogP contribution in [0.15, 0.2) is 23.3 Å². The Kier molecular flexibility index (Phi) is 17.4. The fourth-order valence-corrected chi connectivity index (χ4v) is 2.97. The van der Waals surface area contributed by atoms with Crippen molar-refractivity contribution in [3.05, 3.63) is 23.3 Å². The molecule has 1 atom stereocenters. The van der Waals surface area contributed by atoms with Crippen LogP contribution in [-0.2, 0) is 19.1 Å². The van der Waals surface area contributed by atoms with Crippen molar-refractivity contribution >= 4 is 11.9 Å². The van der Waals surface area contributed by atoms with Gasteiger partial charge in [0.25, 0.3) is 0 Å². The molecule has 0 aliphatic carbocycles. The van der Waals surface area contributed by atoms with Gasteiger partial charge in [-0.2, -0.15) is 0 Å². The van der Waals surface area contributed by atoms with E-state index in [4.69, 9.17) is 9.47 Å². The van der Waals surface area contributed by atoms with Gasteiger partial charge in [-0.05, 0) is 65.9 Å². The van der Waals surface area contributed by atoms with E-state index in [1.807, 2.05) is 13.0 Å². The minimum atomic E-state index is -0.258. The molecule has 0 N–H and O–H groups in total. The van der Waals surface area contributed by atoms with Gasteiger partial charge in [0.05, 0.1) is 6.10 Å². The highest BCUT2D eigenvalue weighted by atomic mass is 16.5. The summed E-state index contributed by atoms with van der Waals surface area (Å²) in [6.07, 6.45) is 15.5. The predicted molar refractivity (Wildman–Crippen MR) is 121 cm³/mol. The predicted octanol–water partition coefficient (Wildman–Crippen LogP) is 7.07. The summed E-state index contributed by atoms with van der Waals surface area (Å²) < 4.78 is 10.6. The highest BCUT2D eigenvalue weighted by molar-refractivity contribution is 5.72. The van der Waals surface area contributed by atoms with E-state index in [0.717, 1.165) is 25.7 Å². The van der Waals surface area contributed by atoms with Gasteiger partial charge in [-0.1, -0.05) is 56.3 Å². The van der Waals surface area contributed by atoms with E-state index in [-0.39, 0.29) is 30.9 Å². The highest BCUT2D eigenvalue weighted by Crippen LogP contribution is 2.11. The Morgan fingerprint density at radius 3 is 2.17 bits per heavy atom. The van der Waals surface area contributed by atoms with Crippen molar-refractivity contribution in [2.24, 2.45) is 0 Å². The van der Waals surface area contributed by atoms with Gasteiger partial charge >= 0.3 is 11.9 Å². The average molecular weight is 409 g/mol. The molecule has 0 rings (SSSR count). The molecule has 168 valence electrons. The normalized spacial score (nSPS) is 12.4. The van der Waals surface area contributed by atoms with Crippen molar-refractivity contribution in [3.8, 4) is 0 Å². The van der Waals surface area contributed by atoms with Crippen molar-refractivity contribution in [2.75, 3.05) is 6.61 Å². The van der Waals surface area contributed by atoms with Crippen molar-refractivity contribution in [1.29, 1.82) is 0 Å². The lowest BCUT2D eigenvalue weighted by Crippen LogP contribution is -2.15. The fourth-order valence-electron chi connectivity index (χ4n) is 2.97. The molecule has 1 unspecified atom stereocenters. The van der Waals surface area contributed by atoms with Gasteiger partial charge in [0.15, 0.2) is 0 Å². The van der Waals surface area contributed by atoms with Crippen LogP contribution in [0.4, 0.5) is 0 Å². The van der Waals surface area contributed by atoms with E-state index in [9.17, 15) is 9.59 Å². The van der Waals surface area contributed by atoms with E-state index in [1.54, 1.807) is 0 Å². The minimum Gasteiger partial charge on any atom is -0.463 e. The molecule has 0 aliphatic heterocycles. The van der Waals surface area contributed by atoms with Gasteiger partial charge in [-0.15, -0.1) is 0 Å². The van der Waals surface area contributed by atoms with E-state index in [1.165, 1.54) is 43.3 Å². The second-order valence-corrected chi connectivity index (χ2v) is 8.26. The first-order valence-corrected chi connectivity index (χ1v) is 11.5. The van der Waals surface area contributed by atoms with E-state index in [2.05, 4.69) is 33.8 Å². The molecule has 0 radical (unpaired) electrons. The van der Waals surface area contributed by atoms with Gasteiger partial charge in [-0.25, -0.2) is 0 Å². The molecule has 4 heteroatoms. The van der Waals surface area contributed by atoms with E-state index >= 15 is 0 Å². The lowest BCUT2D eigenvalue weighted by atomic mass is 10.1. The summed E-state index contributed by atoms with van der Waals surface area (Å²) >= 11 is 0. The lowest BCUT2D eigenvalue weighted by Gasteiger charge is -2.13. The molecule has 0 fully saturated rings. The topological polar surface area (TPSA) is 52.6 Å². The van der Waals surface area contributed by atoms with Crippen LogP contribution in [-0.4, -0.2) is 24.6 Å². The first kappa shape index (κ1) is 27.4. The summed E-state index contributed by atoms with van der Waals surface area (Å²) in [6.45, 7) is 10.7. The molecule has 4 nitrogen and oxygen atoms in total. The van der Waals surface area contributed by atoms with Gasteiger partial charge in [0.2, 0.25) is 0 Å². The average Bonchev–Trinajstić information content (AvgIpc) is 2.64. The Hall–Kier alpha value is -1.58. The summed E-state index contributed by atoms with van der Waals surface area (Å²) in [5, 5.41) is 0. The zero-order valence-corrected chi connectivity index (χ0v) is 19.6. The standard InChI is InChI=1S/C25H44O4/c1-6-7-8-9-10-11-16-23(5)29-25(27)18-13-17-24(26)28-20-19-22(4)15-12-14-21(2)3/h14,19,23H,6-13,15-18,20H2,1-5H3/b22-19-. The second-order valence-electron chi connectivity index (χ2n) is 8.26. The smallest absolute Gasteiger partial charge is 0.306 e. The largest absolute Gasteiger partial charge is 0.463 e. The molecular weight excluding hydrogens is 364 g/mol. The van der Waals surface area contributed by atoms with Crippen LogP contribution in [0.3, 0.4) is 0 Å². The number of allylic oxidation sites excluding steroid dienone is 3. The Labute approximate surface area is 179 Å². The maximum atomic E-state index is 11.9. The monoisotopic (exact) mass is 408 g/mol. The third-order valence-corrected chi connectivity index (χ3v) is 4.83. The molecule has 0 aromatic heterocycles. The highest BCUT2D eigenvalue weighted by Gasteiger charge is 2.11. The maximum absolute atomic E-state index is 11.9. The number of ether oxygens (including phenoxy) is 2. The van der Waals surface area contributed by atoms with Gasteiger partial charge < -0.3 is 9.47 Å². The Morgan fingerprint density at radius 2 is 1.48 bits per heavy atom. The lowest BCUT2D eigenvalue weighted by molar-refractivity contribution is -0.149. The number of carbonyl (C=O) groups excluding carboxylic acids is 2. The first-order valence-electron chi connectivity index (χ1n) is 11.5. The summed E-state index contributed by atoms with van der Waals surface area (Å²) in [4.78, 5) is 23.6. The molecule has 0 aromatic carbocycles. The van der Waals surface area contributed by atoms with Crippen molar-refractivity contribution in [1.82, 2.24) is 0 Å². The third kappa shape index (κ3) is 19.5. The number of unbranched alkanes of at least 4 members (excludes halogenated alkanes) is 5. The van der Waals surface area contributed by atoms with Gasteiger partial charge in [0, 0.05) is 12.8 Å². The number of rotatable bonds is 17. The van der Waals surface area contributed by atoms with E-state index < -0.39 is 0 Å². The molecule has 0 aliphatic rings. The van der Waals surface area contributed by atoms with Crippen LogP contribution in [0.1, 0.15) is 112 Å². The molecule has 0 bridgehead atoms. The Bertz CT molecular complexity index is 501. The fraction of sp³-hybridized carbons (Fsp3) is 0.760. The number of carbonyl (C=O) groups is 2. The first-order chi connectivity index (χ1) is 13.8. The molecule has 0 aromatic rings. The SMILES string of the molecule is CCCCCCCCC(C)OC(=O)CCCC(=O)OC/C=C(/C)CCC=C(C)C. The number of esters is 2.